The van der Waals surface area contributed by atoms with E-state index in [0.29, 0.717) is 16.8 Å². The smallest absolute Gasteiger partial charge is 0.261 e. The van der Waals surface area contributed by atoms with Crippen LogP contribution in [0.4, 0.5) is 5.69 Å². The molecule has 0 saturated carbocycles. The van der Waals surface area contributed by atoms with Gasteiger partial charge in [-0.3, -0.25) is 14.9 Å². The molecular formula is C10H10N2O2. The van der Waals surface area contributed by atoms with Gasteiger partial charge in [-0.2, -0.15) is 0 Å². The maximum Gasteiger partial charge on any atom is 0.261 e. The monoisotopic (exact) mass is 190 g/mol. The van der Waals surface area contributed by atoms with Gasteiger partial charge in [0.25, 0.3) is 11.8 Å². The summed E-state index contributed by atoms with van der Waals surface area (Å²) < 4.78 is 0. The van der Waals surface area contributed by atoms with Gasteiger partial charge >= 0.3 is 0 Å². The van der Waals surface area contributed by atoms with Crippen molar-refractivity contribution in [3.8, 4) is 0 Å². The van der Waals surface area contributed by atoms with E-state index in [4.69, 9.17) is 0 Å². The second kappa shape index (κ2) is 3.14. The molecule has 0 aromatic heterocycles. The first-order valence-corrected chi connectivity index (χ1v) is 4.46. The lowest BCUT2D eigenvalue weighted by Gasteiger charge is -2.05. The minimum absolute atomic E-state index is 0.315. The van der Waals surface area contributed by atoms with Crippen LogP contribution in [0.25, 0.3) is 0 Å². The molecule has 0 atom stereocenters. The Bertz CT molecular complexity index is 413. The molecule has 2 N–H and O–H groups in total. The zero-order valence-electron chi connectivity index (χ0n) is 7.76. The molecule has 1 heterocycles. The van der Waals surface area contributed by atoms with Crippen LogP contribution < -0.4 is 10.6 Å². The van der Waals surface area contributed by atoms with Crippen LogP contribution in [0.5, 0.6) is 0 Å². The van der Waals surface area contributed by atoms with Crippen LogP contribution in [0.3, 0.4) is 0 Å². The van der Waals surface area contributed by atoms with E-state index in [1.807, 2.05) is 6.92 Å². The number of hydrogen-bond donors (Lipinski definition) is 2. The fourth-order valence-electron chi connectivity index (χ4n) is 1.56. The third-order valence-corrected chi connectivity index (χ3v) is 2.13. The number of amides is 2. The van der Waals surface area contributed by atoms with Crippen LogP contribution in [0.1, 0.15) is 27.6 Å². The van der Waals surface area contributed by atoms with Gasteiger partial charge in [0.05, 0.1) is 11.1 Å². The van der Waals surface area contributed by atoms with Gasteiger partial charge in [-0.05, 0) is 19.1 Å². The average Bonchev–Trinajstić information content (AvgIpc) is 2.44. The number of imide groups is 1. The maximum atomic E-state index is 11.4. The summed E-state index contributed by atoms with van der Waals surface area (Å²) in [6, 6.07) is 5.20. The van der Waals surface area contributed by atoms with E-state index in [0.717, 1.165) is 6.54 Å². The standard InChI is InChI=1S/C10H10N2O2/c1-2-11-7-5-3-4-6-8(7)10(14)12-9(6)13/h3-5,11H,2H2,1H3,(H,12,13,14). The molecule has 2 rings (SSSR count). The van der Waals surface area contributed by atoms with E-state index in [2.05, 4.69) is 10.6 Å². The Kier molecular flexibility index (Phi) is 1.96. The normalized spacial score (nSPS) is 13.8. The van der Waals surface area contributed by atoms with Crippen molar-refractivity contribution in [1.82, 2.24) is 5.32 Å². The molecule has 2 amide bonds. The van der Waals surface area contributed by atoms with Crippen molar-refractivity contribution in [2.45, 2.75) is 6.92 Å². The van der Waals surface area contributed by atoms with E-state index >= 15 is 0 Å². The van der Waals surface area contributed by atoms with Gasteiger partial charge in [0.15, 0.2) is 0 Å². The lowest BCUT2D eigenvalue weighted by molar-refractivity contribution is 0.0880. The second-order valence-corrected chi connectivity index (χ2v) is 3.04. The van der Waals surface area contributed by atoms with Crippen molar-refractivity contribution >= 4 is 17.5 Å². The van der Waals surface area contributed by atoms with Crippen LogP contribution >= 0.6 is 0 Å². The summed E-state index contributed by atoms with van der Waals surface area (Å²) in [5.74, 6) is -0.633. The predicted molar refractivity (Wildman–Crippen MR) is 52.4 cm³/mol. The number of carbonyl (C=O) groups excluding carboxylic acids is 2. The van der Waals surface area contributed by atoms with E-state index in [-0.39, 0.29) is 11.8 Å². The Hall–Kier alpha value is -1.84. The first-order chi connectivity index (χ1) is 6.74. The van der Waals surface area contributed by atoms with Crippen molar-refractivity contribution < 1.29 is 9.59 Å². The molecule has 0 fully saturated rings. The van der Waals surface area contributed by atoms with Gasteiger partial charge in [0.1, 0.15) is 0 Å². The van der Waals surface area contributed by atoms with E-state index < -0.39 is 0 Å². The Morgan fingerprint density at radius 1 is 1.29 bits per heavy atom. The summed E-state index contributed by atoms with van der Waals surface area (Å²) in [5, 5.41) is 5.31. The van der Waals surface area contributed by atoms with Gasteiger partial charge in [-0.25, -0.2) is 0 Å². The lowest BCUT2D eigenvalue weighted by Crippen LogP contribution is -2.20. The maximum absolute atomic E-state index is 11.4. The molecular weight excluding hydrogens is 180 g/mol. The highest BCUT2D eigenvalue weighted by Crippen LogP contribution is 2.23. The Morgan fingerprint density at radius 2 is 2.07 bits per heavy atom. The minimum atomic E-state index is -0.318. The van der Waals surface area contributed by atoms with Gasteiger partial charge < -0.3 is 5.32 Å². The number of benzene rings is 1. The molecule has 1 aromatic carbocycles. The minimum Gasteiger partial charge on any atom is -0.385 e. The molecule has 1 aliphatic heterocycles. The number of hydrogen-bond acceptors (Lipinski definition) is 3. The molecule has 0 unspecified atom stereocenters. The number of rotatable bonds is 2. The molecule has 0 radical (unpaired) electrons. The first-order valence-electron chi connectivity index (χ1n) is 4.46. The molecule has 14 heavy (non-hydrogen) atoms. The Morgan fingerprint density at radius 3 is 2.79 bits per heavy atom. The molecule has 0 spiro atoms. The van der Waals surface area contributed by atoms with E-state index in [1.54, 1.807) is 18.2 Å². The summed E-state index contributed by atoms with van der Waals surface area (Å²) >= 11 is 0. The molecule has 4 heteroatoms. The van der Waals surface area contributed by atoms with Crippen LogP contribution in [0.15, 0.2) is 18.2 Å². The van der Waals surface area contributed by atoms with Crippen molar-refractivity contribution in [3.05, 3.63) is 29.3 Å². The van der Waals surface area contributed by atoms with Crippen LogP contribution in [-0.2, 0) is 0 Å². The molecule has 1 aliphatic rings. The summed E-state index contributed by atoms with van der Waals surface area (Å²) in [7, 11) is 0. The number of fused-ring (bicyclic) bond motifs is 1. The van der Waals surface area contributed by atoms with Gasteiger partial charge in [0, 0.05) is 12.2 Å². The highest BCUT2D eigenvalue weighted by atomic mass is 16.2. The molecule has 72 valence electrons. The van der Waals surface area contributed by atoms with E-state index in [1.165, 1.54) is 0 Å². The van der Waals surface area contributed by atoms with Crippen molar-refractivity contribution in [1.29, 1.82) is 0 Å². The van der Waals surface area contributed by atoms with Gasteiger partial charge in [-0.1, -0.05) is 6.07 Å². The van der Waals surface area contributed by atoms with Gasteiger partial charge in [-0.15, -0.1) is 0 Å². The third-order valence-electron chi connectivity index (χ3n) is 2.13. The van der Waals surface area contributed by atoms with Crippen LogP contribution in [0, 0.1) is 0 Å². The van der Waals surface area contributed by atoms with Gasteiger partial charge in [0.2, 0.25) is 0 Å². The number of anilines is 1. The predicted octanol–water partition coefficient (Wildman–Crippen LogP) is 1.00. The van der Waals surface area contributed by atoms with Crippen LogP contribution in [-0.4, -0.2) is 18.4 Å². The van der Waals surface area contributed by atoms with E-state index in [9.17, 15) is 9.59 Å². The number of nitrogens with one attached hydrogen (secondary N) is 2. The van der Waals surface area contributed by atoms with Crippen molar-refractivity contribution in [2.75, 3.05) is 11.9 Å². The summed E-state index contributed by atoms with van der Waals surface area (Å²) in [6.45, 7) is 2.66. The Labute approximate surface area is 81.3 Å². The zero-order chi connectivity index (χ0) is 10.1. The highest BCUT2D eigenvalue weighted by Gasteiger charge is 2.28. The Balaban J connectivity index is 2.56. The summed E-state index contributed by atoms with van der Waals surface area (Å²) in [5.41, 5.74) is 1.63. The summed E-state index contributed by atoms with van der Waals surface area (Å²) in [4.78, 5) is 22.7. The molecule has 4 nitrogen and oxygen atoms in total. The third kappa shape index (κ3) is 1.16. The molecule has 0 aliphatic carbocycles. The topological polar surface area (TPSA) is 58.2 Å². The molecule has 1 aromatic rings. The fourth-order valence-corrected chi connectivity index (χ4v) is 1.56. The highest BCUT2D eigenvalue weighted by molar-refractivity contribution is 6.23. The molecule has 0 bridgehead atoms. The SMILES string of the molecule is CCNc1cccc2c1C(=O)NC2=O. The zero-order valence-corrected chi connectivity index (χ0v) is 7.76. The number of carbonyl (C=O) groups is 2. The second-order valence-electron chi connectivity index (χ2n) is 3.04. The first kappa shape index (κ1) is 8.74. The molecule has 0 saturated heterocycles. The van der Waals surface area contributed by atoms with Crippen molar-refractivity contribution in [3.63, 3.8) is 0 Å². The summed E-state index contributed by atoms with van der Waals surface area (Å²) in [6.07, 6.45) is 0. The van der Waals surface area contributed by atoms with Crippen molar-refractivity contribution in [2.24, 2.45) is 0 Å². The fraction of sp³-hybridized carbons (Fsp3) is 0.200. The largest absolute Gasteiger partial charge is 0.385 e. The lowest BCUT2D eigenvalue weighted by atomic mass is 10.1. The van der Waals surface area contributed by atoms with Crippen LogP contribution in [0.2, 0.25) is 0 Å². The quantitative estimate of drug-likeness (QED) is 0.684. The average molecular weight is 190 g/mol.